The van der Waals surface area contributed by atoms with Gasteiger partial charge in [-0.05, 0) is 47.7 Å². The Kier molecular flexibility index (Phi) is 4.27. The number of hydrogen-bond acceptors (Lipinski definition) is 2. The summed E-state index contributed by atoms with van der Waals surface area (Å²) in [7, 11) is 0. The number of benzene rings is 2. The SMILES string of the molecule is CSc1cccc(-c2cc(C(=O)O)cc(C(F)(F)F)c2)c1. The Balaban J connectivity index is 2.62. The Morgan fingerprint density at radius 1 is 1.10 bits per heavy atom. The molecule has 21 heavy (non-hydrogen) atoms. The highest BCUT2D eigenvalue weighted by atomic mass is 32.2. The average molecular weight is 312 g/mol. The maximum absolute atomic E-state index is 12.9. The lowest BCUT2D eigenvalue weighted by molar-refractivity contribution is -0.137. The third kappa shape index (κ3) is 3.58. The topological polar surface area (TPSA) is 37.3 Å². The van der Waals surface area contributed by atoms with Crippen LogP contribution in [0.5, 0.6) is 0 Å². The summed E-state index contributed by atoms with van der Waals surface area (Å²) in [5.74, 6) is -1.39. The Morgan fingerprint density at radius 2 is 1.81 bits per heavy atom. The molecule has 0 aromatic heterocycles. The molecule has 0 aliphatic carbocycles. The fraction of sp³-hybridized carbons (Fsp3) is 0.133. The summed E-state index contributed by atoms with van der Waals surface area (Å²) in [6, 6.07) is 9.79. The van der Waals surface area contributed by atoms with Gasteiger partial charge in [-0.2, -0.15) is 13.2 Å². The summed E-state index contributed by atoms with van der Waals surface area (Å²) in [5, 5.41) is 8.98. The van der Waals surface area contributed by atoms with E-state index >= 15 is 0 Å². The Morgan fingerprint density at radius 3 is 2.38 bits per heavy atom. The molecule has 0 fully saturated rings. The van der Waals surface area contributed by atoms with E-state index in [4.69, 9.17) is 5.11 Å². The zero-order valence-corrected chi connectivity index (χ0v) is 11.8. The minimum atomic E-state index is -4.59. The van der Waals surface area contributed by atoms with E-state index in [0.29, 0.717) is 11.6 Å². The van der Waals surface area contributed by atoms with Gasteiger partial charge in [0, 0.05) is 4.90 Å². The van der Waals surface area contributed by atoms with Crippen LogP contribution in [-0.2, 0) is 6.18 Å². The maximum atomic E-state index is 12.9. The molecular formula is C15H11F3O2S. The molecule has 1 N–H and O–H groups in total. The average Bonchev–Trinajstić information content (AvgIpc) is 2.46. The van der Waals surface area contributed by atoms with E-state index in [1.54, 1.807) is 18.2 Å². The van der Waals surface area contributed by atoms with Gasteiger partial charge >= 0.3 is 12.1 Å². The molecule has 0 aliphatic heterocycles. The van der Waals surface area contributed by atoms with Gasteiger partial charge in [-0.25, -0.2) is 4.79 Å². The first kappa shape index (κ1) is 15.4. The first-order chi connectivity index (χ1) is 9.81. The number of carboxylic acids is 1. The molecule has 0 saturated carbocycles. The van der Waals surface area contributed by atoms with Gasteiger partial charge in [-0.1, -0.05) is 12.1 Å². The molecule has 0 radical (unpaired) electrons. The maximum Gasteiger partial charge on any atom is 0.416 e. The molecule has 2 aromatic rings. The molecule has 2 aromatic carbocycles. The number of rotatable bonds is 3. The van der Waals surface area contributed by atoms with Gasteiger partial charge in [0.2, 0.25) is 0 Å². The largest absolute Gasteiger partial charge is 0.478 e. The summed E-state index contributed by atoms with van der Waals surface area (Å²) < 4.78 is 38.6. The third-order valence-electron chi connectivity index (χ3n) is 2.91. The summed E-state index contributed by atoms with van der Waals surface area (Å²) in [4.78, 5) is 11.9. The number of carbonyl (C=O) groups is 1. The van der Waals surface area contributed by atoms with Crippen molar-refractivity contribution < 1.29 is 23.1 Å². The predicted octanol–water partition coefficient (Wildman–Crippen LogP) is 4.79. The lowest BCUT2D eigenvalue weighted by Crippen LogP contribution is -2.08. The van der Waals surface area contributed by atoms with Gasteiger partial charge in [-0.3, -0.25) is 0 Å². The van der Waals surface area contributed by atoms with Crippen LogP contribution in [0.25, 0.3) is 11.1 Å². The van der Waals surface area contributed by atoms with Crippen molar-refractivity contribution in [3.8, 4) is 11.1 Å². The van der Waals surface area contributed by atoms with Crippen molar-refractivity contribution in [3.63, 3.8) is 0 Å². The van der Waals surface area contributed by atoms with E-state index < -0.39 is 17.7 Å². The van der Waals surface area contributed by atoms with Crippen LogP contribution in [0, 0.1) is 0 Å². The van der Waals surface area contributed by atoms with E-state index in [0.717, 1.165) is 11.0 Å². The molecule has 110 valence electrons. The molecule has 0 aliphatic rings. The van der Waals surface area contributed by atoms with E-state index in [2.05, 4.69) is 0 Å². The fourth-order valence-corrected chi connectivity index (χ4v) is 2.34. The first-order valence-electron chi connectivity index (χ1n) is 5.91. The van der Waals surface area contributed by atoms with Crippen LogP contribution in [0.3, 0.4) is 0 Å². The van der Waals surface area contributed by atoms with E-state index in [1.807, 2.05) is 12.3 Å². The zero-order valence-electron chi connectivity index (χ0n) is 10.9. The fourth-order valence-electron chi connectivity index (χ4n) is 1.88. The van der Waals surface area contributed by atoms with Crippen LogP contribution in [-0.4, -0.2) is 17.3 Å². The third-order valence-corrected chi connectivity index (χ3v) is 3.64. The molecule has 0 bridgehead atoms. The highest BCUT2D eigenvalue weighted by molar-refractivity contribution is 7.98. The van der Waals surface area contributed by atoms with Crippen LogP contribution in [0.15, 0.2) is 47.4 Å². The van der Waals surface area contributed by atoms with Crippen LogP contribution in [0.1, 0.15) is 15.9 Å². The Labute approximate surface area is 123 Å². The van der Waals surface area contributed by atoms with Crippen LogP contribution in [0.4, 0.5) is 13.2 Å². The second kappa shape index (κ2) is 5.81. The van der Waals surface area contributed by atoms with E-state index in [-0.39, 0.29) is 11.1 Å². The number of alkyl halides is 3. The predicted molar refractivity (Wildman–Crippen MR) is 75.6 cm³/mol. The molecule has 0 amide bonds. The van der Waals surface area contributed by atoms with E-state index in [1.165, 1.54) is 17.8 Å². The van der Waals surface area contributed by atoms with Crippen LogP contribution in [0.2, 0.25) is 0 Å². The Hall–Kier alpha value is -1.95. The smallest absolute Gasteiger partial charge is 0.416 e. The van der Waals surface area contributed by atoms with Gasteiger partial charge in [0.25, 0.3) is 0 Å². The number of halogens is 3. The molecule has 2 nitrogen and oxygen atoms in total. The summed E-state index contributed by atoms with van der Waals surface area (Å²) in [5.41, 5.74) is -0.560. The summed E-state index contributed by atoms with van der Waals surface area (Å²) in [6.07, 6.45) is -2.73. The minimum absolute atomic E-state index is 0.234. The lowest BCUT2D eigenvalue weighted by atomic mass is 9.99. The number of aromatic carboxylic acids is 1. The zero-order chi connectivity index (χ0) is 15.6. The van der Waals surface area contributed by atoms with Gasteiger partial charge in [0.1, 0.15) is 0 Å². The standard InChI is InChI=1S/C15H11F3O2S/c1-21-13-4-2-3-9(8-13)10-5-11(14(19)20)7-12(6-10)15(16,17)18/h2-8H,1H3,(H,19,20). The lowest BCUT2D eigenvalue weighted by Gasteiger charge is -2.11. The number of hydrogen-bond donors (Lipinski definition) is 1. The van der Waals surface area contributed by atoms with Crippen molar-refractivity contribution in [2.45, 2.75) is 11.1 Å². The van der Waals surface area contributed by atoms with Gasteiger partial charge in [0.15, 0.2) is 0 Å². The number of carboxylic acid groups (broad SMARTS) is 1. The molecule has 0 spiro atoms. The highest BCUT2D eigenvalue weighted by Gasteiger charge is 2.31. The molecule has 0 heterocycles. The quantitative estimate of drug-likeness (QED) is 0.828. The van der Waals surface area contributed by atoms with E-state index in [9.17, 15) is 18.0 Å². The van der Waals surface area contributed by atoms with Crippen molar-refractivity contribution >= 4 is 17.7 Å². The van der Waals surface area contributed by atoms with Crippen molar-refractivity contribution in [2.24, 2.45) is 0 Å². The Bertz CT molecular complexity index is 681. The summed E-state index contributed by atoms with van der Waals surface area (Å²) in [6.45, 7) is 0. The molecule has 0 unspecified atom stereocenters. The van der Waals surface area contributed by atoms with Crippen molar-refractivity contribution in [1.29, 1.82) is 0 Å². The molecular weight excluding hydrogens is 301 g/mol. The number of thioether (sulfide) groups is 1. The van der Waals surface area contributed by atoms with Gasteiger partial charge < -0.3 is 5.11 Å². The highest BCUT2D eigenvalue weighted by Crippen LogP contribution is 2.34. The van der Waals surface area contributed by atoms with Crippen LogP contribution >= 0.6 is 11.8 Å². The van der Waals surface area contributed by atoms with Gasteiger partial charge in [0.05, 0.1) is 11.1 Å². The van der Waals surface area contributed by atoms with Crippen molar-refractivity contribution in [2.75, 3.05) is 6.26 Å². The normalized spacial score (nSPS) is 11.4. The van der Waals surface area contributed by atoms with Crippen LogP contribution < -0.4 is 0 Å². The monoisotopic (exact) mass is 312 g/mol. The first-order valence-corrected chi connectivity index (χ1v) is 7.14. The second-order valence-electron chi connectivity index (χ2n) is 4.33. The van der Waals surface area contributed by atoms with Crippen molar-refractivity contribution in [3.05, 3.63) is 53.6 Å². The summed E-state index contributed by atoms with van der Waals surface area (Å²) >= 11 is 1.46. The molecule has 6 heteroatoms. The minimum Gasteiger partial charge on any atom is -0.478 e. The van der Waals surface area contributed by atoms with Crippen molar-refractivity contribution in [1.82, 2.24) is 0 Å². The molecule has 0 saturated heterocycles. The molecule has 2 rings (SSSR count). The van der Waals surface area contributed by atoms with Gasteiger partial charge in [-0.15, -0.1) is 11.8 Å². The second-order valence-corrected chi connectivity index (χ2v) is 5.21. The molecule has 0 atom stereocenters.